The molecule has 1 N–H and O–H groups in total. The Hall–Kier alpha value is -0.235. The second-order valence-corrected chi connectivity index (χ2v) is 2.75. The van der Waals surface area contributed by atoms with E-state index in [0.717, 1.165) is 6.54 Å². The van der Waals surface area contributed by atoms with E-state index in [4.69, 9.17) is 0 Å². The predicted molar refractivity (Wildman–Crippen MR) is 46.0 cm³/mol. The lowest BCUT2D eigenvalue weighted by molar-refractivity contribution is 0.638. The Labute approximate surface area is 64.2 Å². The molecule has 0 amide bonds. The minimum atomic E-state index is 1.14. The fourth-order valence-electron chi connectivity index (χ4n) is 1.16. The third-order valence-electron chi connectivity index (χ3n) is 1.79. The Morgan fingerprint density at radius 1 is 1.10 bits per heavy atom. The third-order valence-corrected chi connectivity index (χ3v) is 1.79. The molecule has 0 aliphatic carbocycles. The van der Waals surface area contributed by atoms with Crippen LogP contribution in [0, 0.1) is 0 Å². The van der Waals surface area contributed by atoms with Gasteiger partial charge in [0.15, 0.2) is 0 Å². The van der Waals surface area contributed by atoms with Crippen LogP contribution in [0.1, 0.15) is 32.1 Å². The molecular weight excluding hydrogens is 121 g/mol. The summed E-state index contributed by atoms with van der Waals surface area (Å²) in [6, 6.07) is 0. The van der Waals surface area contributed by atoms with Gasteiger partial charge in [-0.2, -0.15) is 0 Å². The maximum atomic E-state index is 3.24. The smallest absolute Gasteiger partial charge is 0.236 e. The van der Waals surface area contributed by atoms with Gasteiger partial charge < -0.3 is 5.23 Å². The molecule has 1 aliphatic heterocycles. The van der Waals surface area contributed by atoms with Crippen LogP contribution in [0.15, 0.2) is 12.1 Å². The van der Waals surface area contributed by atoms with Crippen molar-refractivity contribution in [1.29, 1.82) is 0 Å². The van der Waals surface area contributed by atoms with E-state index in [9.17, 15) is 0 Å². The molecule has 2 heteroatoms. The van der Waals surface area contributed by atoms with Crippen molar-refractivity contribution < 1.29 is 0 Å². The molecule has 0 aromatic heterocycles. The van der Waals surface area contributed by atoms with Gasteiger partial charge in [-0.25, -0.2) is 0 Å². The molecule has 1 nitrogen and oxygen atoms in total. The van der Waals surface area contributed by atoms with Crippen molar-refractivity contribution in [3.8, 4) is 0 Å². The van der Waals surface area contributed by atoms with Gasteiger partial charge in [0.2, 0.25) is 7.41 Å². The fraction of sp³-hybridized carbons (Fsp3) is 0.750. The van der Waals surface area contributed by atoms with Crippen molar-refractivity contribution in [3.05, 3.63) is 12.1 Å². The van der Waals surface area contributed by atoms with Crippen LogP contribution in [0.3, 0.4) is 0 Å². The average Bonchev–Trinajstić information content (AvgIpc) is 2.01. The van der Waals surface area contributed by atoms with Crippen LogP contribution in [0.2, 0.25) is 0 Å². The second-order valence-electron chi connectivity index (χ2n) is 2.75. The van der Waals surface area contributed by atoms with Crippen molar-refractivity contribution in [2.75, 3.05) is 6.54 Å². The number of rotatable bonds is 0. The van der Waals surface area contributed by atoms with Crippen molar-refractivity contribution >= 4 is 7.41 Å². The maximum absolute atomic E-state index is 3.24. The van der Waals surface area contributed by atoms with Gasteiger partial charge >= 0.3 is 0 Å². The van der Waals surface area contributed by atoms with Gasteiger partial charge in [0, 0.05) is 0 Å². The Morgan fingerprint density at radius 2 is 2.00 bits per heavy atom. The van der Waals surface area contributed by atoms with Crippen LogP contribution in [0.4, 0.5) is 0 Å². The summed E-state index contributed by atoms with van der Waals surface area (Å²) in [6.07, 6.45) is 8.95. The van der Waals surface area contributed by atoms with Gasteiger partial charge in [-0.15, -0.1) is 5.98 Å². The van der Waals surface area contributed by atoms with Gasteiger partial charge in [-0.05, 0) is 25.8 Å². The lowest BCUT2D eigenvalue weighted by Gasteiger charge is -2.02. The normalized spacial score (nSPS) is 24.8. The highest BCUT2D eigenvalue weighted by atomic mass is 14.7. The van der Waals surface area contributed by atoms with Crippen LogP contribution in [-0.2, 0) is 0 Å². The molecule has 1 rings (SSSR count). The van der Waals surface area contributed by atoms with E-state index in [2.05, 4.69) is 17.3 Å². The summed E-state index contributed by atoms with van der Waals surface area (Å²) >= 11 is 0. The molecule has 1 aliphatic rings. The zero-order chi connectivity index (χ0) is 7.07. The van der Waals surface area contributed by atoms with Gasteiger partial charge in [0.05, 0.1) is 0 Å². The Morgan fingerprint density at radius 3 is 3.00 bits per heavy atom. The van der Waals surface area contributed by atoms with Crippen molar-refractivity contribution in [2.24, 2.45) is 0 Å². The first kappa shape index (κ1) is 7.87. The standard InChI is InChI=1S/C8H15BN/c1-2-4-6-8-10-9-7-5-3-1/h5,7,10H,1-4,6,8H2/b7-5-. The molecule has 0 spiro atoms. The molecule has 0 fully saturated rings. The zero-order valence-electron chi connectivity index (χ0n) is 6.47. The first-order valence-corrected chi connectivity index (χ1v) is 4.22. The molecule has 0 unspecified atom stereocenters. The van der Waals surface area contributed by atoms with Crippen LogP contribution in [0.5, 0.6) is 0 Å². The molecule has 1 radical (unpaired) electrons. The van der Waals surface area contributed by atoms with E-state index in [-0.39, 0.29) is 0 Å². The number of nitrogens with one attached hydrogen (secondary N) is 1. The molecule has 0 bridgehead atoms. The molecule has 0 saturated heterocycles. The van der Waals surface area contributed by atoms with Gasteiger partial charge in [0.25, 0.3) is 0 Å². The average molecular weight is 136 g/mol. The van der Waals surface area contributed by atoms with Crippen LogP contribution < -0.4 is 5.23 Å². The molecule has 0 aromatic rings. The van der Waals surface area contributed by atoms with Crippen LogP contribution in [0.25, 0.3) is 0 Å². The summed E-state index contributed by atoms with van der Waals surface area (Å²) < 4.78 is 0. The lowest BCUT2D eigenvalue weighted by atomic mass is 9.92. The molecule has 0 atom stereocenters. The van der Waals surface area contributed by atoms with Crippen molar-refractivity contribution in [1.82, 2.24) is 5.23 Å². The minimum absolute atomic E-state index is 1.14. The van der Waals surface area contributed by atoms with Crippen LogP contribution >= 0.6 is 0 Å². The van der Waals surface area contributed by atoms with Crippen LogP contribution in [-0.4, -0.2) is 14.0 Å². The second kappa shape index (κ2) is 5.54. The first-order chi connectivity index (χ1) is 5.00. The summed E-state index contributed by atoms with van der Waals surface area (Å²) in [5, 5.41) is 3.24. The Balaban J connectivity index is 2.13. The zero-order valence-corrected chi connectivity index (χ0v) is 6.47. The van der Waals surface area contributed by atoms with E-state index < -0.39 is 0 Å². The minimum Gasteiger partial charge on any atom is -0.357 e. The maximum Gasteiger partial charge on any atom is 0.236 e. The Kier molecular flexibility index (Phi) is 4.36. The SMILES string of the molecule is [B]1/C=C\CCCCCCN1. The summed E-state index contributed by atoms with van der Waals surface area (Å²) in [4.78, 5) is 0. The number of allylic oxidation sites excluding steroid dienone is 1. The molecule has 0 saturated carbocycles. The summed E-state index contributed by atoms with van der Waals surface area (Å²) in [6.45, 7) is 1.14. The van der Waals surface area contributed by atoms with E-state index in [1.165, 1.54) is 32.1 Å². The molecule has 55 valence electrons. The molecule has 1 heterocycles. The summed E-state index contributed by atoms with van der Waals surface area (Å²) in [5.41, 5.74) is 0. The first-order valence-electron chi connectivity index (χ1n) is 4.22. The third kappa shape index (κ3) is 3.73. The molecular formula is C8H15BN. The van der Waals surface area contributed by atoms with Gasteiger partial charge in [0.1, 0.15) is 0 Å². The summed E-state index contributed by atoms with van der Waals surface area (Å²) in [5.74, 6) is 2.12. The number of hydrogen-bond donors (Lipinski definition) is 1. The monoisotopic (exact) mass is 136 g/mol. The van der Waals surface area contributed by atoms with E-state index in [0.29, 0.717) is 0 Å². The number of hydrogen-bond acceptors (Lipinski definition) is 1. The van der Waals surface area contributed by atoms with E-state index in [1.54, 1.807) is 0 Å². The highest BCUT2D eigenvalue weighted by Gasteiger charge is 1.91. The van der Waals surface area contributed by atoms with E-state index in [1.807, 2.05) is 7.41 Å². The van der Waals surface area contributed by atoms with Crippen molar-refractivity contribution in [2.45, 2.75) is 32.1 Å². The summed E-state index contributed by atoms with van der Waals surface area (Å²) in [7, 11) is 2.05. The molecule has 0 aromatic carbocycles. The topological polar surface area (TPSA) is 12.0 Å². The highest BCUT2D eigenvalue weighted by molar-refractivity contribution is 6.38. The molecule has 10 heavy (non-hydrogen) atoms. The predicted octanol–water partition coefficient (Wildman–Crippen LogP) is 1.67. The quantitative estimate of drug-likeness (QED) is 0.499. The van der Waals surface area contributed by atoms with Gasteiger partial charge in [-0.3, -0.25) is 0 Å². The highest BCUT2D eigenvalue weighted by Crippen LogP contribution is 2.03. The lowest BCUT2D eigenvalue weighted by Crippen LogP contribution is -2.18. The Bertz CT molecular complexity index is 89.4. The van der Waals surface area contributed by atoms with Crippen molar-refractivity contribution in [3.63, 3.8) is 0 Å². The van der Waals surface area contributed by atoms with Gasteiger partial charge in [-0.1, -0.05) is 18.9 Å². The fourth-order valence-corrected chi connectivity index (χ4v) is 1.16. The van der Waals surface area contributed by atoms with E-state index >= 15 is 0 Å². The largest absolute Gasteiger partial charge is 0.357 e.